The fourth-order valence-electron chi connectivity index (χ4n) is 1.87. The van der Waals surface area contributed by atoms with E-state index in [0.29, 0.717) is 5.88 Å². The van der Waals surface area contributed by atoms with E-state index in [2.05, 4.69) is 15.0 Å². The number of sulfonamides is 1. The van der Waals surface area contributed by atoms with E-state index in [9.17, 15) is 8.42 Å². The van der Waals surface area contributed by atoms with Crippen LogP contribution in [0.2, 0.25) is 0 Å². The summed E-state index contributed by atoms with van der Waals surface area (Å²) in [6.07, 6.45) is 2.92. The van der Waals surface area contributed by atoms with E-state index in [-0.39, 0.29) is 23.3 Å². The second-order valence-electron chi connectivity index (χ2n) is 4.18. The smallest absolute Gasteiger partial charge is 0.242 e. The Morgan fingerprint density at radius 1 is 1.37 bits per heavy atom. The van der Waals surface area contributed by atoms with Gasteiger partial charge >= 0.3 is 0 Å². The number of hydrogen-bond acceptors (Lipinski definition) is 5. The molecule has 0 bridgehead atoms. The first-order valence-electron chi connectivity index (χ1n) is 5.85. The predicted octanol–water partition coefficient (Wildman–Crippen LogP) is 0.542. The molecule has 1 aromatic rings. The number of piperidine rings is 1. The van der Waals surface area contributed by atoms with Gasteiger partial charge < -0.3 is 10.1 Å². The fraction of sp³-hybridized carbons (Fsp3) is 0.545. The van der Waals surface area contributed by atoms with Gasteiger partial charge in [0.05, 0.1) is 13.3 Å². The molecule has 0 unspecified atom stereocenters. The van der Waals surface area contributed by atoms with E-state index >= 15 is 0 Å². The fourth-order valence-corrected chi connectivity index (χ4v) is 3.12. The number of rotatable bonds is 4. The third kappa shape index (κ3) is 4.31. The normalized spacial score (nSPS) is 16.7. The van der Waals surface area contributed by atoms with Gasteiger partial charge in [0.25, 0.3) is 0 Å². The SMILES string of the molecule is COc1ccc(S(=O)(=O)NC2CCNCC2)cn1.Cl. The van der Waals surface area contributed by atoms with Gasteiger partial charge in [0.15, 0.2) is 0 Å². The first kappa shape index (κ1) is 16.2. The second-order valence-corrected chi connectivity index (χ2v) is 5.90. The van der Waals surface area contributed by atoms with Crippen molar-refractivity contribution >= 4 is 22.4 Å². The maximum Gasteiger partial charge on any atom is 0.242 e. The molecular formula is C11H18ClN3O3S. The number of aromatic nitrogens is 1. The quantitative estimate of drug-likeness (QED) is 0.849. The lowest BCUT2D eigenvalue weighted by Crippen LogP contribution is -2.42. The molecule has 2 rings (SSSR count). The Hall–Kier alpha value is -0.890. The summed E-state index contributed by atoms with van der Waals surface area (Å²) in [5.74, 6) is 0.399. The lowest BCUT2D eigenvalue weighted by atomic mass is 10.1. The highest BCUT2D eigenvalue weighted by atomic mass is 35.5. The molecule has 1 aliphatic rings. The summed E-state index contributed by atoms with van der Waals surface area (Å²) in [6.45, 7) is 1.68. The number of hydrogen-bond donors (Lipinski definition) is 2. The number of nitrogens with zero attached hydrogens (tertiary/aromatic N) is 1. The Morgan fingerprint density at radius 3 is 2.58 bits per heavy atom. The standard InChI is InChI=1S/C11H17N3O3S.ClH/c1-17-11-3-2-10(8-13-11)18(15,16)14-9-4-6-12-7-5-9;/h2-3,8-9,12,14H,4-7H2,1H3;1H. The van der Waals surface area contributed by atoms with Gasteiger partial charge in [-0.3, -0.25) is 0 Å². The zero-order valence-electron chi connectivity index (χ0n) is 10.6. The maximum atomic E-state index is 12.1. The van der Waals surface area contributed by atoms with E-state index in [1.54, 1.807) is 0 Å². The van der Waals surface area contributed by atoms with E-state index in [1.165, 1.54) is 25.4 Å². The van der Waals surface area contributed by atoms with Crippen molar-refractivity contribution in [1.82, 2.24) is 15.0 Å². The zero-order chi connectivity index (χ0) is 13.0. The molecule has 0 spiro atoms. The molecule has 19 heavy (non-hydrogen) atoms. The number of ether oxygens (including phenoxy) is 1. The summed E-state index contributed by atoms with van der Waals surface area (Å²) in [4.78, 5) is 4.07. The van der Waals surface area contributed by atoms with Crippen LogP contribution < -0.4 is 14.8 Å². The summed E-state index contributed by atoms with van der Waals surface area (Å²) in [7, 11) is -1.99. The third-order valence-corrected chi connectivity index (χ3v) is 4.40. The van der Waals surface area contributed by atoms with Crippen LogP contribution in [0.15, 0.2) is 23.2 Å². The summed E-state index contributed by atoms with van der Waals surface area (Å²) in [5, 5.41) is 3.19. The van der Waals surface area contributed by atoms with Crippen molar-refractivity contribution in [2.24, 2.45) is 0 Å². The van der Waals surface area contributed by atoms with Gasteiger partial charge in [-0.1, -0.05) is 0 Å². The summed E-state index contributed by atoms with van der Waals surface area (Å²) in [5.41, 5.74) is 0. The van der Waals surface area contributed by atoms with Gasteiger partial charge in [0, 0.05) is 12.1 Å². The van der Waals surface area contributed by atoms with Crippen LogP contribution in [0.1, 0.15) is 12.8 Å². The molecule has 0 radical (unpaired) electrons. The van der Waals surface area contributed by atoms with Gasteiger partial charge in [-0.2, -0.15) is 0 Å². The lowest BCUT2D eigenvalue weighted by Gasteiger charge is -2.23. The molecule has 1 fully saturated rings. The summed E-state index contributed by atoms with van der Waals surface area (Å²) in [6, 6.07) is 3.03. The molecule has 1 aromatic heterocycles. The third-order valence-electron chi connectivity index (χ3n) is 2.89. The van der Waals surface area contributed by atoms with Crippen LogP contribution in [-0.2, 0) is 10.0 Å². The molecule has 0 saturated carbocycles. The highest BCUT2D eigenvalue weighted by molar-refractivity contribution is 7.89. The number of methoxy groups -OCH3 is 1. The summed E-state index contributed by atoms with van der Waals surface area (Å²) >= 11 is 0. The Balaban J connectivity index is 0.00000180. The number of pyridine rings is 1. The molecule has 108 valence electrons. The van der Waals surface area contributed by atoms with Crippen molar-refractivity contribution in [1.29, 1.82) is 0 Å². The molecule has 0 amide bonds. The van der Waals surface area contributed by atoms with Crippen molar-refractivity contribution in [2.45, 2.75) is 23.8 Å². The van der Waals surface area contributed by atoms with Gasteiger partial charge in [-0.25, -0.2) is 18.1 Å². The molecule has 6 nitrogen and oxygen atoms in total. The minimum absolute atomic E-state index is 0. The van der Waals surface area contributed by atoms with Crippen molar-refractivity contribution in [3.63, 3.8) is 0 Å². The van der Waals surface area contributed by atoms with Crippen LogP contribution in [0.4, 0.5) is 0 Å². The molecule has 1 saturated heterocycles. The first-order valence-corrected chi connectivity index (χ1v) is 7.33. The van der Waals surface area contributed by atoms with Gasteiger partial charge in [0.2, 0.25) is 15.9 Å². The molecule has 0 atom stereocenters. The molecule has 0 aromatic carbocycles. The van der Waals surface area contributed by atoms with Crippen LogP contribution >= 0.6 is 12.4 Å². The van der Waals surface area contributed by atoms with E-state index in [0.717, 1.165) is 25.9 Å². The molecule has 2 N–H and O–H groups in total. The van der Waals surface area contributed by atoms with Crippen molar-refractivity contribution in [3.8, 4) is 5.88 Å². The van der Waals surface area contributed by atoms with Crippen LogP contribution in [-0.4, -0.2) is 39.6 Å². The monoisotopic (exact) mass is 307 g/mol. The highest BCUT2D eigenvalue weighted by Gasteiger charge is 2.21. The molecular weight excluding hydrogens is 290 g/mol. The van der Waals surface area contributed by atoms with Crippen molar-refractivity contribution in [2.75, 3.05) is 20.2 Å². The van der Waals surface area contributed by atoms with E-state index in [1.807, 2.05) is 0 Å². The Kier molecular flexibility index (Phi) is 5.99. The second kappa shape index (κ2) is 7.04. The van der Waals surface area contributed by atoms with Crippen molar-refractivity contribution in [3.05, 3.63) is 18.3 Å². The summed E-state index contributed by atoms with van der Waals surface area (Å²) < 4.78 is 31.8. The highest BCUT2D eigenvalue weighted by Crippen LogP contribution is 2.14. The molecule has 1 aliphatic heterocycles. The van der Waals surface area contributed by atoms with Crippen molar-refractivity contribution < 1.29 is 13.2 Å². The average Bonchev–Trinajstić information content (AvgIpc) is 2.39. The molecule has 8 heteroatoms. The van der Waals surface area contributed by atoms with Gasteiger partial charge in [-0.15, -0.1) is 12.4 Å². The van der Waals surface area contributed by atoms with Crippen LogP contribution in [0.5, 0.6) is 5.88 Å². The molecule has 0 aliphatic carbocycles. The van der Waals surface area contributed by atoms with Crippen LogP contribution in [0, 0.1) is 0 Å². The van der Waals surface area contributed by atoms with Gasteiger partial charge in [0.1, 0.15) is 4.90 Å². The largest absolute Gasteiger partial charge is 0.481 e. The Labute approximate surface area is 119 Å². The molecule has 2 heterocycles. The average molecular weight is 308 g/mol. The zero-order valence-corrected chi connectivity index (χ0v) is 12.3. The lowest BCUT2D eigenvalue weighted by molar-refractivity contribution is 0.397. The minimum atomic E-state index is -3.48. The number of nitrogens with one attached hydrogen (secondary N) is 2. The van der Waals surface area contributed by atoms with Gasteiger partial charge in [-0.05, 0) is 32.0 Å². The van der Waals surface area contributed by atoms with Crippen LogP contribution in [0.3, 0.4) is 0 Å². The number of halogens is 1. The van der Waals surface area contributed by atoms with E-state index in [4.69, 9.17) is 4.74 Å². The maximum absolute atomic E-state index is 12.1. The predicted molar refractivity (Wildman–Crippen MR) is 74.3 cm³/mol. The van der Waals surface area contributed by atoms with E-state index < -0.39 is 10.0 Å². The first-order chi connectivity index (χ1) is 8.62. The Bertz CT molecular complexity index is 486. The topological polar surface area (TPSA) is 80.3 Å². The minimum Gasteiger partial charge on any atom is -0.481 e. The Morgan fingerprint density at radius 2 is 2.05 bits per heavy atom. The van der Waals surface area contributed by atoms with Crippen LogP contribution in [0.25, 0.3) is 0 Å².